The van der Waals surface area contributed by atoms with Crippen molar-refractivity contribution in [2.45, 2.75) is 52.5 Å². The zero-order valence-electron chi connectivity index (χ0n) is 16.6. The minimum Gasteiger partial charge on any atom is -0.356 e. The standard InChI is InChI=1S/C19H37N5O/c1-5-18(25)24-10-8-17(14-24)22-19(20-4)21-11-16-7-6-9-23(13-16)12-15(2)3/h15-17H,5-14H2,1-4H3,(H2,20,21,22). The third-order valence-electron chi connectivity index (χ3n) is 5.19. The van der Waals surface area contributed by atoms with E-state index in [2.05, 4.69) is 34.4 Å². The Morgan fingerprint density at radius 1 is 1.24 bits per heavy atom. The number of amides is 1. The zero-order valence-corrected chi connectivity index (χ0v) is 16.6. The molecule has 2 fully saturated rings. The van der Waals surface area contributed by atoms with Crippen LogP contribution in [-0.2, 0) is 4.79 Å². The van der Waals surface area contributed by atoms with Crippen molar-refractivity contribution in [1.82, 2.24) is 20.4 Å². The van der Waals surface area contributed by atoms with E-state index in [0.29, 0.717) is 18.4 Å². The zero-order chi connectivity index (χ0) is 18.2. The normalized spacial score (nSPS) is 25.5. The van der Waals surface area contributed by atoms with Crippen LogP contribution in [0.5, 0.6) is 0 Å². The number of hydrogen-bond donors (Lipinski definition) is 2. The fraction of sp³-hybridized carbons (Fsp3) is 0.895. The molecule has 2 N–H and O–H groups in total. The van der Waals surface area contributed by atoms with Crippen LogP contribution in [0, 0.1) is 11.8 Å². The predicted molar refractivity (Wildman–Crippen MR) is 104 cm³/mol. The van der Waals surface area contributed by atoms with E-state index >= 15 is 0 Å². The molecule has 6 heteroatoms. The fourth-order valence-electron chi connectivity index (χ4n) is 3.96. The van der Waals surface area contributed by atoms with E-state index in [1.54, 1.807) is 0 Å². The number of carbonyl (C=O) groups excluding carboxylic acids is 1. The molecule has 2 rings (SSSR count). The summed E-state index contributed by atoms with van der Waals surface area (Å²) in [5, 5.41) is 7.00. The first-order valence-corrected chi connectivity index (χ1v) is 9.99. The summed E-state index contributed by atoms with van der Waals surface area (Å²) in [5.74, 6) is 2.54. The number of guanidine groups is 1. The lowest BCUT2D eigenvalue weighted by molar-refractivity contribution is -0.129. The van der Waals surface area contributed by atoms with E-state index < -0.39 is 0 Å². The predicted octanol–water partition coefficient (Wildman–Crippen LogP) is 1.53. The molecule has 2 saturated heterocycles. The highest BCUT2D eigenvalue weighted by Crippen LogP contribution is 2.17. The molecule has 0 aromatic heterocycles. The van der Waals surface area contributed by atoms with Crippen molar-refractivity contribution in [3.05, 3.63) is 0 Å². The maximum absolute atomic E-state index is 11.8. The molecular formula is C19H37N5O. The summed E-state index contributed by atoms with van der Waals surface area (Å²) >= 11 is 0. The van der Waals surface area contributed by atoms with Gasteiger partial charge in [0, 0.05) is 52.2 Å². The molecule has 0 aromatic rings. The molecule has 6 nitrogen and oxygen atoms in total. The summed E-state index contributed by atoms with van der Waals surface area (Å²) in [6.07, 6.45) is 4.18. The van der Waals surface area contributed by atoms with Crippen LogP contribution < -0.4 is 10.6 Å². The van der Waals surface area contributed by atoms with Crippen molar-refractivity contribution in [3.63, 3.8) is 0 Å². The molecule has 0 bridgehead atoms. The third kappa shape index (κ3) is 6.49. The Morgan fingerprint density at radius 3 is 2.72 bits per heavy atom. The van der Waals surface area contributed by atoms with Crippen molar-refractivity contribution >= 4 is 11.9 Å². The monoisotopic (exact) mass is 351 g/mol. The van der Waals surface area contributed by atoms with Crippen LogP contribution in [0.2, 0.25) is 0 Å². The molecule has 2 aliphatic rings. The van der Waals surface area contributed by atoms with Gasteiger partial charge in [0.25, 0.3) is 0 Å². The first kappa shape index (κ1) is 20.0. The number of hydrogen-bond acceptors (Lipinski definition) is 3. The highest BCUT2D eigenvalue weighted by atomic mass is 16.2. The molecule has 0 spiro atoms. The molecule has 2 aliphatic heterocycles. The number of piperidine rings is 1. The summed E-state index contributed by atoms with van der Waals surface area (Å²) in [6, 6.07) is 0.311. The second-order valence-electron chi connectivity index (χ2n) is 7.94. The fourth-order valence-corrected chi connectivity index (χ4v) is 3.96. The van der Waals surface area contributed by atoms with E-state index in [1.807, 2.05) is 18.9 Å². The van der Waals surface area contributed by atoms with Crippen LogP contribution in [0.4, 0.5) is 0 Å². The molecule has 0 radical (unpaired) electrons. The largest absolute Gasteiger partial charge is 0.356 e. The van der Waals surface area contributed by atoms with Gasteiger partial charge in [0.05, 0.1) is 0 Å². The highest BCUT2D eigenvalue weighted by molar-refractivity contribution is 5.80. The Labute approximate surface area is 153 Å². The van der Waals surface area contributed by atoms with Crippen LogP contribution in [0.15, 0.2) is 4.99 Å². The van der Waals surface area contributed by atoms with Gasteiger partial charge < -0.3 is 20.4 Å². The van der Waals surface area contributed by atoms with Gasteiger partial charge in [-0.3, -0.25) is 9.79 Å². The van der Waals surface area contributed by atoms with Gasteiger partial charge in [-0.2, -0.15) is 0 Å². The molecular weight excluding hydrogens is 314 g/mol. The Morgan fingerprint density at radius 2 is 2.04 bits per heavy atom. The van der Waals surface area contributed by atoms with Gasteiger partial charge in [0.2, 0.25) is 5.91 Å². The number of carbonyl (C=O) groups is 1. The van der Waals surface area contributed by atoms with Gasteiger partial charge in [0.15, 0.2) is 5.96 Å². The van der Waals surface area contributed by atoms with Crippen LogP contribution in [0.1, 0.15) is 46.5 Å². The van der Waals surface area contributed by atoms with E-state index in [9.17, 15) is 4.79 Å². The molecule has 0 aliphatic carbocycles. The van der Waals surface area contributed by atoms with Gasteiger partial charge >= 0.3 is 0 Å². The molecule has 25 heavy (non-hydrogen) atoms. The van der Waals surface area contributed by atoms with Gasteiger partial charge in [-0.05, 0) is 37.6 Å². The number of nitrogens with zero attached hydrogens (tertiary/aromatic N) is 3. The van der Waals surface area contributed by atoms with Gasteiger partial charge in [-0.25, -0.2) is 0 Å². The molecule has 1 amide bonds. The lowest BCUT2D eigenvalue weighted by atomic mass is 9.97. The maximum atomic E-state index is 11.8. The number of aliphatic imine (C=N–C) groups is 1. The third-order valence-corrected chi connectivity index (χ3v) is 5.19. The average Bonchev–Trinajstić information content (AvgIpc) is 3.06. The molecule has 0 saturated carbocycles. The van der Waals surface area contributed by atoms with Crippen LogP contribution in [0.3, 0.4) is 0 Å². The van der Waals surface area contributed by atoms with Crippen molar-refractivity contribution < 1.29 is 4.79 Å². The lowest BCUT2D eigenvalue weighted by Gasteiger charge is -2.34. The second kappa shape index (κ2) is 10.00. The van der Waals surface area contributed by atoms with Gasteiger partial charge in [-0.15, -0.1) is 0 Å². The quantitative estimate of drug-likeness (QED) is 0.563. The van der Waals surface area contributed by atoms with Crippen molar-refractivity contribution in [2.24, 2.45) is 16.8 Å². The summed E-state index contributed by atoms with van der Waals surface area (Å²) in [4.78, 5) is 20.7. The molecule has 2 unspecified atom stereocenters. The van der Waals surface area contributed by atoms with E-state index in [-0.39, 0.29) is 5.91 Å². The lowest BCUT2D eigenvalue weighted by Crippen LogP contribution is -2.48. The van der Waals surface area contributed by atoms with E-state index in [0.717, 1.165) is 37.9 Å². The molecule has 2 atom stereocenters. The summed E-state index contributed by atoms with van der Waals surface area (Å²) in [5.41, 5.74) is 0. The van der Waals surface area contributed by atoms with E-state index in [1.165, 1.54) is 32.5 Å². The van der Waals surface area contributed by atoms with Crippen molar-refractivity contribution in [1.29, 1.82) is 0 Å². The highest BCUT2D eigenvalue weighted by Gasteiger charge is 2.26. The number of rotatable bonds is 6. The van der Waals surface area contributed by atoms with Crippen molar-refractivity contribution in [2.75, 3.05) is 46.3 Å². The maximum Gasteiger partial charge on any atom is 0.222 e. The Balaban J connectivity index is 1.72. The van der Waals surface area contributed by atoms with Gasteiger partial charge in [-0.1, -0.05) is 20.8 Å². The molecule has 0 aromatic carbocycles. The molecule has 2 heterocycles. The summed E-state index contributed by atoms with van der Waals surface area (Å²) < 4.78 is 0. The topological polar surface area (TPSA) is 60.0 Å². The Bertz CT molecular complexity index is 451. The summed E-state index contributed by atoms with van der Waals surface area (Å²) in [6.45, 7) is 12.8. The number of nitrogens with one attached hydrogen (secondary N) is 2. The average molecular weight is 352 g/mol. The van der Waals surface area contributed by atoms with E-state index in [4.69, 9.17) is 0 Å². The smallest absolute Gasteiger partial charge is 0.222 e. The minimum atomic E-state index is 0.250. The van der Waals surface area contributed by atoms with Crippen LogP contribution in [-0.4, -0.2) is 74.0 Å². The van der Waals surface area contributed by atoms with Crippen molar-refractivity contribution in [3.8, 4) is 0 Å². The SMILES string of the molecule is CCC(=O)N1CCC(NC(=NC)NCC2CCCN(CC(C)C)C2)C1. The van der Waals surface area contributed by atoms with Crippen LogP contribution in [0.25, 0.3) is 0 Å². The first-order valence-electron chi connectivity index (χ1n) is 9.99. The second-order valence-corrected chi connectivity index (χ2v) is 7.94. The number of likely N-dealkylation sites (tertiary alicyclic amines) is 2. The Kier molecular flexibility index (Phi) is 8.00. The summed E-state index contributed by atoms with van der Waals surface area (Å²) in [7, 11) is 1.82. The molecule has 144 valence electrons. The van der Waals surface area contributed by atoms with Gasteiger partial charge in [0.1, 0.15) is 0 Å². The first-order chi connectivity index (χ1) is 12.0. The minimum absolute atomic E-state index is 0.250. The van der Waals surface area contributed by atoms with Crippen LogP contribution >= 0.6 is 0 Å². The Hall–Kier alpha value is -1.30.